The van der Waals surface area contributed by atoms with Crippen LogP contribution in [0.2, 0.25) is 5.02 Å². The highest BCUT2D eigenvalue weighted by atomic mass is 35.5. The van der Waals surface area contributed by atoms with E-state index in [0.717, 1.165) is 12.1 Å². The van der Waals surface area contributed by atoms with Crippen LogP contribution in [0.4, 0.5) is 4.39 Å². The minimum Gasteiger partial charge on any atom is -0.368 e. The molecule has 3 nitrogen and oxygen atoms in total. The van der Waals surface area contributed by atoms with Gasteiger partial charge < -0.3 is 5.73 Å². The first-order valence-electron chi connectivity index (χ1n) is 5.43. The third-order valence-electron chi connectivity index (χ3n) is 3.29. The Morgan fingerprint density at radius 2 is 2.29 bits per heavy atom. The largest absolute Gasteiger partial charge is 0.368 e. The number of likely N-dealkylation sites (N-methyl/N-ethyl adjacent to an activating group) is 1. The number of primary amides is 1. The van der Waals surface area contributed by atoms with E-state index in [4.69, 9.17) is 17.3 Å². The highest BCUT2D eigenvalue weighted by molar-refractivity contribution is 6.30. The van der Waals surface area contributed by atoms with E-state index in [9.17, 15) is 9.18 Å². The molecule has 1 heterocycles. The third kappa shape index (κ3) is 2.42. The quantitative estimate of drug-likeness (QED) is 0.876. The van der Waals surface area contributed by atoms with E-state index in [1.54, 1.807) is 12.1 Å². The van der Waals surface area contributed by atoms with E-state index in [1.165, 1.54) is 6.07 Å². The van der Waals surface area contributed by atoms with Crippen molar-refractivity contribution < 1.29 is 9.18 Å². The number of halogens is 2. The van der Waals surface area contributed by atoms with Crippen LogP contribution in [0.1, 0.15) is 17.9 Å². The Bertz CT molecular complexity index is 452. The van der Waals surface area contributed by atoms with Gasteiger partial charge in [0.15, 0.2) is 0 Å². The van der Waals surface area contributed by atoms with Gasteiger partial charge in [-0.3, -0.25) is 9.69 Å². The molecule has 17 heavy (non-hydrogen) atoms. The Morgan fingerprint density at radius 3 is 2.82 bits per heavy atom. The second-order valence-electron chi connectivity index (χ2n) is 4.46. The fraction of sp³-hybridized carbons (Fsp3) is 0.417. The van der Waals surface area contributed by atoms with Gasteiger partial charge in [0, 0.05) is 6.54 Å². The van der Waals surface area contributed by atoms with Crippen LogP contribution in [0.15, 0.2) is 18.2 Å². The smallest absolute Gasteiger partial charge is 0.234 e. The lowest BCUT2D eigenvalue weighted by Gasteiger charge is -2.14. The first kappa shape index (κ1) is 12.3. The summed E-state index contributed by atoms with van der Waals surface area (Å²) in [5.74, 6) is -0.563. The predicted octanol–water partition coefficient (Wildman–Crippen LogP) is 1.75. The molecule has 1 aromatic carbocycles. The Hall–Kier alpha value is -1.13. The van der Waals surface area contributed by atoms with Gasteiger partial charge in [0.25, 0.3) is 0 Å². The normalized spacial score (nSPS) is 25.1. The molecule has 1 aliphatic rings. The van der Waals surface area contributed by atoms with Gasteiger partial charge >= 0.3 is 0 Å². The van der Waals surface area contributed by atoms with Crippen LogP contribution in [-0.2, 0) is 4.79 Å². The zero-order valence-corrected chi connectivity index (χ0v) is 10.2. The molecule has 0 saturated carbocycles. The molecule has 1 saturated heterocycles. The van der Waals surface area contributed by atoms with E-state index in [2.05, 4.69) is 0 Å². The van der Waals surface area contributed by atoms with Gasteiger partial charge in [-0.1, -0.05) is 17.7 Å². The summed E-state index contributed by atoms with van der Waals surface area (Å²) >= 11 is 5.75. The molecule has 0 radical (unpaired) electrons. The van der Waals surface area contributed by atoms with Crippen LogP contribution in [0, 0.1) is 5.82 Å². The maximum Gasteiger partial charge on any atom is 0.234 e. The van der Waals surface area contributed by atoms with Crippen molar-refractivity contribution in [1.82, 2.24) is 4.90 Å². The number of amides is 1. The molecular formula is C12H14ClFN2O. The van der Waals surface area contributed by atoms with Gasteiger partial charge in [0.1, 0.15) is 5.82 Å². The number of hydrogen-bond donors (Lipinski definition) is 1. The molecule has 5 heteroatoms. The summed E-state index contributed by atoms with van der Waals surface area (Å²) in [4.78, 5) is 13.1. The molecule has 2 rings (SSSR count). The molecule has 0 spiro atoms. The van der Waals surface area contributed by atoms with Crippen molar-refractivity contribution in [3.05, 3.63) is 34.6 Å². The zero-order valence-electron chi connectivity index (χ0n) is 9.49. The molecule has 1 aliphatic heterocycles. The average Bonchev–Trinajstić information content (AvgIpc) is 2.64. The molecular weight excluding hydrogens is 243 g/mol. The fourth-order valence-corrected chi connectivity index (χ4v) is 2.53. The highest BCUT2D eigenvalue weighted by Crippen LogP contribution is 2.32. The Labute approximate surface area is 104 Å². The third-order valence-corrected chi connectivity index (χ3v) is 3.58. The van der Waals surface area contributed by atoms with Crippen LogP contribution in [0.3, 0.4) is 0 Å². The Balaban J connectivity index is 2.19. The van der Waals surface area contributed by atoms with E-state index in [-0.39, 0.29) is 22.9 Å². The number of likely N-dealkylation sites (tertiary alicyclic amines) is 1. The maximum absolute atomic E-state index is 13.1. The number of hydrogen-bond acceptors (Lipinski definition) is 2. The molecule has 2 atom stereocenters. The fourth-order valence-electron chi connectivity index (χ4n) is 2.34. The molecule has 1 fully saturated rings. The van der Waals surface area contributed by atoms with Crippen molar-refractivity contribution >= 4 is 17.5 Å². The van der Waals surface area contributed by atoms with Crippen molar-refractivity contribution in [2.24, 2.45) is 5.73 Å². The highest BCUT2D eigenvalue weighted by Gasteiger charge is 2.33. The molecule has 0 aliphatic carbocycles. The van der Waals surface area contributed by atoms with Gasteiger partial charge in [-0.15, -0.1) is 0 Å². The van der Waals surface area contributed by atoms with Crippen molar-refractivity contribution in [3.63, 3.8) is 0 Å². The summed E-state index contributed by atoms with van der Waals surface area (Å²) in [5, 5.41) is 0.118. The van der Waals surface area contributed by atoms with Gasteiger partial charge in [-0.25, -0.2) is 4.39 Å². The van der Waals surface area contributed by atoms with E-state index >= 15 is 0 Å². The second-order valence-corrected chi connectivity index (χ2v) is 4.87. The van der Waals surface area contributed by atoms with Crippen LogP contribution < -0.4 is 5.73 Å². The first-order valence-corrected chi connectivity index (χ1v) is 5.81. The summed E-state index contributed by atoms with van der Waals surface area (Å²) in [6.45, 7) is 0.732. The minimum atomic E-state index is -0.423. The molecule has 2 N–H and O–H groups in total. The van der Waals surface area contributed by atoms with E-state index in [0.29, 0.717) is 6.42 Å². The van der Waals surface area contributed by atoms with E-state index in [1.807, 2.05) is 11.9 Å². The molecule has 0 aromatic heterocycles. The van der Waals surface area contributed by atoms with Gasteiger partial charge in [-0.05, 0) is 37.1 Å². The van der Waals surface area contributed by atoms with Crippen LogP contribution in [0.25, 0.3) is 0 Å². The van der Waals surface area contributed by atoms with Gasteiger partial charge in [0.05, 0.1) is 11.1 Å². The summed E-state index contributed by atoms with van der Waals surface area (Å²) in [6.07, 6.45) is 0.661. The zero-order chi connectivity index (χ0) is 12.6. The molecule has 0 bridgehead atoms. The van der Waals surface area contributed by atoms with E-state index < -0.39 is 5.82 Å². The number of nitrogens with two attached hydrogens (primary N) is 1. The number of carbonyl (C=O) groups excluding carboxylic acids is 1. The standard InChI is InChI=1S/C12H14ClFN2O/c1-16-6-8(5-11(16)12(15)17)7-2-3-10(14)9(13)4-7/h2-4,8,11H,5-6H2,1H3,(H2,15,17). The first-order chi connectivity index (χ1) is 7.99. The maximum atomic E-state index is 13.1. The number of nitrogens with zero attached hydrogens (tertiary/aromatic N) is 1. The SMILES string of the molecule is CN1CC(c2ccc(F)c(Cl)c2)CC1C(N)=O. The minimum absolute atomic E-state index is 0.118. The van der Waals surface area contributed by atoms with Crippen LogP contribution >= 0.6 is 11.6 Å². The topological polar surface area (TPSA) is 46.3 Å². The molecule has 1 aromatic rings. The van der Waals surface area contributed by atoms with Crippen molar-refractivity contribution in [1.29, 1.82) is 0 Å². The lowest BCUT2D eigenvalue weighted by molar-refractivity contribution is -0.121. The lowest BCUT2D eigenvalue weighted by atomic mass is 9.96. The second kappa shape index (κ2) is 4.63. The van der Waals surface area contributed by atoms with Crippen molar-refractivity contribution in [3.8, 4) is 0 Å². The molecule has 1 amide bonds. The number of benzene rings is 1. The lowest BCUT2D eigenvalue weighted by Crippen LogP contribution is -2.37. The van der Waals surface area contributed by atoms with Crippen molar-refractivity contribution in [2.45, 2.75) is 18.4 Å². The van der Waals surface area contributed by atoms with Crippen molar-refractivity contribution in [2.75, 3.05) is 13.6 Å². The summed E-state index contributed by atoms with van der Waals surface area (Å²) in [7, 11) is 1.86. The average molecular weight is 257 g/mol. The van der Waals surface area contributed by atoms with Gasteiger partial charge in [0.2, 0.25) is 5.91 Å². The summed E-state index contributed by atoms with van der Waals surface area (Å²) < 4.78 is 13.1. The van der Waals surface area contributed by atoms with Crippen LogP contribution in [-0.4, -0.2) is 30.4 Å². The number of carbonyl (C=O) groups is 1. The monoisotopic (exact) mass is 256 g/mol. The van der Waals surface area contributed by atoms with Crippen LogP contribution in [0.5, 0.6) is 0 Å². The Morgan fingerprint density at radius 1 is 1.59 bits per heavy atom. The Kier molecular flexibility index (Phi) is 3.35. The van der Waals surface area contributed by atoms with Gasteiger partial charge in [-0.2, -0.15) is 0 Å². The number of rotatable bonds is 2. The molecule has 92 valence electrons. The molecule has 2 unspecified atom stereocenters. The summed E-state index contributed by atoms with van der Waals surface area (Å²) in [6, 6.07) is 4.45. The predicted molar refractivity (Wildman–Crippen MR) is 64.4 cm³/mol. The summed E-state index contributed by atoms with van der Waals surface area (Å²) in [5.41, 5.74) is 6.27.